The zero-order valence-corrected chi connectivity index (χ0v) is 24.2. The lowest BCUT2D eigenvalue weighted by Crippen LogP contribution is -2.01. The Morgan fingerprint density at radius 1 is 0.356 bits per heavy atom. The van der Waals surface area contributed by atoms with Crippen LogP contribution in [0.3, 0.4) is 0 Å². The molecule has 9 rings (SSSR count). The van der Waals surface area contributed by atoms with Gasteiger partial charge in [-0.2, -0.15) is 0 Å². The number of rotatable bonds is 4. The topological polar surface area (TPSA) is 51.8 Å². The lowest BCUT2D eigenvalue weighted by Gasteiger charge is -2.12. The minimum Gasteiger partial charge on any atom is -0.456 e. The van der Waals surface area contributed by atoms with Crippen molar-refractivity contribution in [3.63, 3.8) is 0 Å². The summed E-state index contributed by atoms with van der Waals surface area (Å²) in [5.41, 5.74) is 6.85. The van der Waals surface area contributed by atoms with Crippen molar-refractivity contribution >= 4 is 43.5 Å². The van der Waals surface area contributed by atoms with Crippen LogP contribution in [0.15, 0.2) is 156 Å². The third-order valence-electron chi connectivity index (χ3n) is 8.53. The van der Waals surface area contributed by atoms with E-state index in [9.17, 15) is 0 Å². The fourth-order valence-corrected chi connectivity index (χ4v) is 6.42. The van der Waals surface area contributed by atoms with Crippen molar-refractivity contribution < 1.29 is 4.42 Å². The summed E-state index contributed by atoms with van der Waals surface area (Å²) in [6.07, 6.45) is 0. The summed E-state index contributed by atoms with van der Waals surface area (Å²) in [6.45, 7) is 0. The first-order chi connectivity index (χ1) is 22.3. The smallest absolute Gasteiger partial charge is 0.164 e. The van der Waals surface area contributed by atoms with Crippen LogP contribution in [-0.2, 0) is 0 Å². The van der Waals surface area contributed by atoms with Gasteiger partial charge in [0.25, 0.3) is 0 Å². The number of benzene rings is 7. The molecule has 0 aliphatic rings. The number of aromatic nitrogens is 3. The molecule has 0 atom stereocenters. The Bertz CT molecular complexity index is 2540. The van der Waals surface area contributed by atoms with Crippen LogP contribution in [-0.4, -0.2) is 15.0 Å². The molecule has 0 amide bonds. The van der Waals surface area contributed by atoms with E-state index in [-0.39, 0.29) is 0 Å². The highest BCUT2D eigenvalue weighted by Crippen LogP contribution is 2.38. The van der Waals surface area contributed by atoms with Gasteiger partial charge >= 0.3 is 0 Å². The van der Waals surface area contributed by atoms with E-state index in [1.165, 1.54) is 16.5 Å². The second kappa shape index (κ2) is 10.2. The molecule has 2 aromatic heterocycles. The predicted molar refractivity (Wildman–Crippen MR) is 184 cm³/mol. The average molecular weight is 576 g/mol. The molecule has 0 spiro atoms. The molecule has 0 aliphatic carbocycles. The fourth-order valence-electron chi connectivity index (χ4n) is 6.42. The number of fused-ring (bicyclic) bond motifs is 5. The van der Waals surface area contributed by atoms with Gasteiger partial charge in [0.2, 0.25) is 0 Å². The molecule has 0 bridgehead atoms. The molecule has 7 aromatic carbocycles. The van der Waals surface area contributed by atoms with Gasteiger partial charge < -0.3 is 4.42 Å². The van der Waals surface area contributed by atoms with Gasteiger partial charge in [-0.1, -0.05) is 133 Å². The standard InChI is InChI=1S/C41H25N3O/c1-2-11-26(12-3-1)30-18-9-15-28-25-29(23-24-32(28)30)39-42-40(33-19-8-14-27-13-4-5-16-31(27)33)44-41(43-39)35-20-10-22-37-38(35)34-17-6-7-21-36(34)45-37/h1-25H. The van der Waals surface area contributed by atoms with Gasteiger partial charge in [0.1, 0.15) is 11.2 Å². The van der Waals surface area contributed by atoms with Crippen LogP contribution in [0.5, 0.6) is 0 Å². The van der Waals surface area contributed by atoms with Crippen LogP contribution in [0.4, 0.5) is 0 Å². The highest BCUT2D eigenvalue weighted by molar-refractivity contribution is 6.12. The average Bonchev–Trinajstić information content (AvgIpc) is 3.50. The van der Waals surface area contributed by atoms with Gasteiger partial charge in [-0.3, -0.25) is 0 Å². The molecule has 0 aliphatic heterocycles. The first kappa shape index (κ1) is 25.4. The number of hydrogen-bond donors (Lipinski definition) is 0. The van der Waals surface area contributed by atoms with Crippen molar-refractivity contribution in [3.8, 4) is 45.3 Å². The van der Waals surface area contributed by atoms with Gasteiger partial charge in [0.05, 0.1) is 0 Å². The molecule has 0 fully saturated rings. The van der Waals surface area contributed by atoms with E-state index < -0.39 is 0 Å². The van der Waals surface area contributed by atoms with Crippen molar-refractivity contribution in [1.29, 1.82) is 0 Å². The molecule has 0 unspecified atom stereocenters. The summed E-state index contributed by atoms with van der Waals surface area (Å²) in [6, 6.07) is 52.2. The molecule has 0 N–H and O–H groups in total. The number of nitrogens with zero attached hydrogens (tertiary/aromatic N) is 3. The zero-order valence-electron chi connectivity index (χ0n) is 24.2. The third kappa shape index (κ3) is 4.27. The Morgan fingerprint density at radius 3 is 1.84 bits per heavy atom. The minimum atomic E-state index is 0.609. The predicted octanol–water partition coefficient (Wildman–Crippen LogP) is 10.7. The zero-order chi connectivity index (χ0) is 29.7. The maximum Gasteiger partial charge on any atom is 0.164 e. The van der Waals surface area contributed by atoms with Crippen molar-refractivity contribution in [2.24, 2.45) is 0 Å². The van der Waals surface area contributed by atoms with E-state index in [1.807, 2.05) is 36.4 Å². The summed E-state index contributed by atoms with van der Waals surface area (Å²) in [7, 11) is 0. The van der Waals surface area contributed by atoms with Gasteiger partial charge in [-0.25, -0.2) is 15.0 Å². The summed E-state index contributed by atoms with van der Waals surface area (Å²) >= 11 is 0. The molecule has 4 nitrogen and oxygen atoms in total. The maximum atomic E-state index is 6.23. The molecule has 210 valence electrons. The van der Waals surface area contributed by atoms with E-state index >= 15 is 0 Å². The minimum absolute atomic E-state index is 0.609. The lowest BCUT2D eigenvalue weighted by molar-refractivity contribution is 0.669. The normalized spacial score (nSPS) is 11.6. The first-order valence-corrected chi connectivity index (χ1v) is 15.0. The molecule has 4 heteroatoms. The fraction of sp³-hybridized carbons (Fsp3) is 0. The number of para-hydroxylation sites is 1. The van der Waals surface area contributed by atoms with Crippen LogP contribution in [0.25, 0.3) is 88.8 Å². The molecule has 45 heavy (non-hydrogen) atoms. The van der Waals surface area contributed by atoms with Gasteiger partial charge in [-0.15, -0.1) is 0 Å². The van der Waals surface area contributed by atoms with Gasteiger partial charge in [0, 0.05) is 27.5 Å². The molecule has 0 saturated carbocycles. The largest absolute Gasteiger partial charge is 0.456 e. The monoisotopic (exact) mass is 575 g/mol. The molecule has 0 radical (unpaired) electrons. The molecular weight excluding hydrogens is 550 g/mol. The summed E-state index contributed by atoms with van der Waals surface area (Å²) in [5, 5.41) is 6.59. The number of furan rings is 1. The highest BCUT2D eigenvalue weighted by Gasteiger charge is 2.19. The maximum absolute atomic E-state index is 6.23. The van der Waals surface area contributed by atoms with Crippen LogP contribution in [0.2, 0.25) is 0 Å². The van der Waals surface area contributed by atoms with Crippen molar-refractivity contribution in [2.45, 2.75) is 0 Å². The Hall–Kier alpha value is -6.13. The molecule has 2 heterocycles. The van der Waals surface area contributed by atoms with Crippen LogP contribution in [0.1, 0.15) is 0 Å². The molecular formula is C41H25N3O. The van der Waals surface area contributed by atoms with E-state index in [0.29, 0.717) is 17.5 Å². The van der Waals surface area contributed by atoms with Crippen LogP contribution >= 0.6 is 0 Å². The Kier molecular flexibility index (Phi) is 5.78. The van der Waals surface area contributed by atoms with Crippen LogP contribution < -0.4 is 0 Å². The first-order valence-electron chi connectivity index (χ1n) is 15.0. The Balaban J connectivity index is 1.30. The summed E-state index contributed by atoms with van der Waals surface area (Å²) in [4.78, 5) is 15.4. The second-order valence-electron chi connectivity index (χ2n) is 11.2. The second-order valence-corrected chi connectivity index (χ2v) is 11.2. The quantitative estimate of drug-likeness (QED) is 0.209. The van der Waals surface area contributed by atoms with Crippen molar-refractivity contribution in [3.05, 3.63) is 152 Å². The van der Waals surface area contributed by atoms with E-state index in [2.05, 4.69) is 115 Å². The Morgan fingerprint density at radius 2 is 0.956 bits per heavy atom. The van der Waals surface area contributed by atoms with Crippen molar-refractivity contribution in [2.75, 3.05) is 0 Å². The lowest BCUT2D eigenvalue weighted by atomic mass is 9.97. The SMILES string of the molecule is c1ccc(-c2cccc3cc(-c4nc(-c5cccc6ccccc56)nc(-c5cccc6oc7ccccc7c56)n4)ccc23)cc1. The van der Waals surface area contributed by atoms with E-state index in [1.54, 1.807) is 0 Å². The van der Waals surface area contributed by atoms with Gasteiger partial charge in [0.15, 0.2) is 17.5 Å². The van der Waals surface area contributed by atoms with E-state index in [0.717, 1.165) is 54.8 Å². The van der Waals surface area contributed by atoms with E-state index in [4.69, 9.17) is 19.4 Å². The summed E-state index contributed by atoms with van der Waals surface area (Å²) < 4.78 is 6.23. The van der Waals surface area contributed by atoms with Gasteiger partial charge in [-0.05, 0) is 50.9 Å². The summed E-state index contributed by atoms with van der Waals surface area (Å²) in [5.74, 6) is 1.87. The van der Waals surface area contributed by atoms with Crippen LogP contribution in [0, 0.1) is 0 Å². The highest BCUT2D eigenvalue weighted by atomic mass is 16.3. The number of hydrogen-bond acceptors (Lipinski definition) is 4. The molecule has 0 saturated heterocycles. The Labute approximate surface area is 259 Å². The third-order valence-corrected chi connectivity index (χ3v) is 8.53. The molecule has 9 aromatic rings. The van der Waals surface area contributed by atoms with Crippen molar-refractivity contribution in [1.82, 2.24) is 15.0 Å².